The summed E-state index contributed by atoms with van der Waals surface area (Å²) in [5.74, 6) is -0.349. The van der Waals surface area contributed by atoms with E-state index in [-0.39, 0.29) is 18.2 Å². The summed E-state index contributed by atoms with van der Waals surface area (Å²) in [5.41, 5.74) is 0. The van der Waals surface area contributed by atoms with Crippen molar-refractivity contribution in [1.29, 1.82) is 0 Å². The van der Waals surface area contributed by atoms with E-state index in [1.54, 1.807) is 14.0 Å². The minimum atomic E-state index is -0.547. The van der Waals surface area contributed by atoms with Gasteiger partial charge >= 0.3 is 0 Å². The predicted octanol–water partition coefficient (Wildman–Crippen LogP) is -0.134. The van der Waals surface area contributed by atoms with Gasteiger partial charge < -0.3 is 10.6 Å². The van der Waals surface area contributed by atoms with E-state index in [1.165, 1.54) is 0 Å². The van der Waals surface area contributed by atoms with Crippen molar-refractivity contribution in [2.24, 2.45) is 0 Å². The second kappa shape index (κ2) is 5.83. The highest BCUT2D eigenvalue weighted by Gasteiger charge is 2.07. The van der Waals surface area contributed by atoms with Crippen LogP contribution in [0.25, 0.3) is 0 Å². The summed E-state index contributed by atoms with van der Waals surface area (Å²) < 4.78 is 0. The molecule has 5 heteroatoms. The molecular formula is C7H13ClN2O2. The lowest BCUT2D eigenvalue weighted by Gasteiger charge is -2.04. The molecule has 0 bridgehead atoms. The van der Waals surface area contributed by atoms with E-state index >= 15 is 0 Å². The van der Waals surface area contributed by atoms with E-state index in [2.05, 4.69) is 10.6 Å². The number of rotatable bonds is 4. The molecule has 2 N–H and O–H groups in total. The number of hydrogen-bond donors (Lipinski definition) is 2. The SMILES string of the molecule is CNC(=O)CCNC(=O)C(C)Cl. The molecule has 1 atom stereocenters. The third-order valence-corrected chi connectivity index (χ3v) is 1.49. The van der Waals surface area contributed by atoms with Gasteiger partial charge in [-0.25, -0.2) is 0 Å². The van der Waals surface area contributed by atoms with Crippen LogP contribution in [0.15, 0.2) is 0 Å². The van der Waals surface area contributed by atoms with Crippen LogP contribution in [0, 0.1) is 0 Å². The molecular weight excluding hydrogens is 180 g/mol. The molecule has 0 aliphatic rings. The van der Waals surface area contributed by atoms with E-state index in [9.17, 15) is 9.59 Å². The Hall–Kier alpha value is -0.770. The lowest BCUT2D eigenvalue weighted by atomic mass is 10.3. The maximum atomic E-state index is 10.8. The molecule has 0 saturated carbocycles. The Morgan fingerprint density at radius 2 is 2.08 bits per heavy atom. The molecule has 0 aromatic carbocycles. The van der Waals surface area contributed by atoms with E-state index in [0.717, 1.165) is 0 Å². The topological polar surface area (TPSA) is 58.2 Å². The van der Waals surface area contributed by atoms with Gasteiger partial charge in [-0.05, 0) is 6.92 Å². The molecule has 0 aliphatic carbocycles. The molecule has 0 spiro atoms. The Bertz CT molecular complexity index is 171. The molecule has 2 amide bonds. The number of amides is 2. The number of alkyl halides is 1. The fourth-order valence-corrected chi connectivity index (χ4v) is 0.642. The van der Waals surface area contributed by atoms with Crippen molar-refractivity contribution in [2.75, 3.05) is 13.6 Å². The van der Waals surface area contributed by atoms with Crippen molar-refractivity contribution < 1.29 is 9.59 Å². The van der Waals surface area contributed by atoms with Gasteiger partial charge in [0.25, 0.3) is 0 Å². The summed E-state index contributed by atoms with van der Waals surface area (Å²) in [6, 6.07) is 0. The van der Waals surface area contributed by atoms with Crippen LogP contribution in [0.5, 0.6) is 0 Å². The van der Waals surface area contributed by atoms with Gasteiger partial charge in [-0.1, -0.05) is 0 Å². The lowest BCUT2D eigenvalue weighted by molar-refractivity contribution is -0.121. The van der Waals surface area contributed by atoms with E-state index < -0.39 is 5.38 Å². The Morgan fingerprint density at radius 1 is 1.50 bits per heavy atom. The van der Waals surface area contributed by atoms with E-state index in [1.807, 2.05) is 0 Å². The monoisotopic (exact) mass is 192 g/mol. The highest BCUT2D eigenvalue weighted by Crippen LogP contribution is 1.91. The molecule has 12 heavy (non-hydrogen) atoms. The molecule has 0 aliphatic heterocycles. The van der Waals surface area contributed by atoms with Gasteiger partial charge in [-0.15, -0.1) is 11.6 Å². The highest BCUT2D eigenvalue weighted by molar-refractivity contribution is 6.30. The van der Waals surface area contributed by atoms with Crippen LogP contribution in [0.3, 0.4) is 0 Å². The fraction of sp³-hybridized carbons (Fsp3) is 0.714. The van der Waals surface area contributed by atoms with Gasteiger partial charge in [0.05, 0.1) is 0 Å². The number of halogens is 1. The van der Waals surface area contributed by atoms with Crippen LogP contribution in [-0.4, -0.2) is 30.8 Å². The average Bonchev–Trinajstić information content (AvgIpc) is 2.03. The van der Waals surface area contributed by atoms with Crippen LogP contribution in [-0.2, 0) is 9.59 Å². The summed E-state index contributed by atoms with van der Waals surface area (Å²) in [6.45, 7) is 1.91. The van der Waals surface area contributed by atoms with Gasteiger partial charge in [-0.3, -0.25) is 9.59 Å². The smallest absolute Gasteiger partial charge is 0.237 e. The van der Waals surface area contributed by atoms with Crippen molar-refractivity contribution in [3.8, 4) is 0 Å². The van der Waals surface area contributed by atoms with Crippen LogP contribution in [0.1, 0.15) is 13.3 Å². The highest BCUT2D eigenvalue weighted by atomic mass is 35.5. The molecule has 0 rings (SSSR count). The number of hydrogen-bond acceptors (Lipinski definition) is 2. The zero-order chi connectivity index (χ0) is 9.56. The first kappa shape index (κ1) is 11.2. The Morgan fingerprint density at radius 3 is 2.50 bits per heavy atom. The normalized spacial score (nSPS) is 11.9. The molecule has 0 radical (unpaired) electrons. The quantitative estimate of drug-likeness (QED) is 0.610. The number of carbonyl (C=O) groups excluding carboxylic acids is 2. The van der Waals surface area contributed by atoms with Crippen LogP contribution in [0.2, 0.25) is 0 Å². The van der Waals surface area contributed by atoms with Crippen molar-refractivity contribution >= 4 is 23.4 Å². The zero-order valence-electron chi connectivity index (χ0n) is 7.19. The third kappa shape index (κ3) is 4.96. The van der Waals surface area contributed by atoms with Crippen LogP contribution >= 0.6 is 11.6 Å². The Labute approximate surface area is 76.7 Å². The van der Waals surface area contributed by atoms with E-state index in [4.69, 9.17) is 11.6 Å². The minimum absolute atomic E-state index is 0.0995. The zero-order valence-corrected chi connectivity index (χ0v) is 7.94. The summed E-state index contributed by atoms with van der Waals surface area (Å²) in [7, 11) is 1.55. The second-order valence-corrected chi connectivity index (χ2v) is 2.98. The maximum absolute atomic E-state index is 10.8. The van der Waals surface area contributed by atoms with Crippen LogP contribution in [0.4, 0.5) is 0 Å². The van der Waals surface area contributed by atoms with Gasteiger partial charge in [0.15, 0.2) is 0 Å². The van der Waals surface area contributed by atoms with E-state index in [0.29, 0.717) is 6.54 Å². The van der Waals surface area contributed by atoms with Gasteiger partial charge in [0.1, 0.15) is 5.38 Å². The molecule has 0 aromatic rings. The first-order valence-electron chi connectivity index (χ1n) is 3.70. The molecule has 0 saturated heterocycles. The molecule has 70 valence electrons. The first-order chi connectivity index (χ1) is 5.57. The maximum Gasteiger partial charge on any atom is 0.237 e. The average molecular weight is 193 g/mol. The summed E-state index contributed by atoms with van der Waals surface area (Å²) in [6.07, 6.45) is 0.284. The number of nitrogens with one attached hydrogen (secondary N) is 2. The molecule has 0 heterocycles. The third-order valence-electron chi connectivity index (χ3n) is 1.29. The standard InChI is InChI=1S/C7H13ClN2O2/c1-5(8)7(12)10-4-3-6(11)9-2/h5H,3-4H2,1-2H3,(H,9,11)(H,10,12). The Balaban J connectivity index is 3.44. The van der Waals surface area contributed by atoms with Crippen molar-refractivity contribution in [3.63, 3.8) is 0 Å². The van der Waals surface area contributed by atoms with Gasteiger partial charge in [0.2, 0.25) is 11.8 Å². The lowest BCUT2D eigenvalue weighted by Crippen LogP contribution is -2.33. The minimum Gasteiger partial charge on any atom is -0.359 e. The summed E-state index contributed by atoms with van der Waals surface area (Å²) in [5, 5.41) is 4.41. The summed E-state index contributed by atoms with van der Waals surface area (Å²) >= 11 is 5.46. The second-order valence-electron chi connectivity index (χ2n) is 2.33. The fourth-order valence-electron chi connectivity index (χ4n) is 0.565. The van der Waals surface area contributed by atoms with Crippen molar-refractivity contribution in [2.45, 2.75) is 18.7 Å². The number of carbonyl (C=O) groups is 2. The molecule has 4 nitrogen and oxygen atoms in total. The first-order valence-corrected chi connectivity index (χ1v) is 4.14. The Kier molecular flexibility index (Phi) is 5.45. The summed E-state index contributed by atoms with van der Waals surface area (Å²) in [4.78, 5) is 21.5. The van der Waals surface area contributed by atoms with Gasteiger partial charge in [0, 0.05) is 20.0 Å². The molecule has 0 aromatic heterocycles. The van der Waals surface area contributed by atoms with Crippen LogP contribution < -0.4 is 10.6 Å². The van der Waals surface area contributed by atoms with Crippen molar-refractivity contribution in [3.05, 3.63) is 0 Å². The predicted molar refractivity (Wildman–Crippen MR) is 47.0 cm³/mol. The molecule has 0 fully saturated rings. The van der Waals surface area contributed by atoms with Crippen molar-refractivity contribution in [1.82, 2.24) is 10.6 Å². The molecule has 1 unspecified atom stereocenters. The largest absolute Gasteiger partial charge is 0.359 e. The van der Waals surface area contributed by atoms with Gasteiger partial charge in [-0.2, -0.15) is 0 Å².